The minimum Gasteiger partial charge on any atom is -0.376 e. The van der Waals surface area contributed by atoms with Gasteiger partial charge in [0.25, 0.3) is 0 Å². The molecule has 3 nitrogen and oxygen atoms in total. The average Bonchev–Trinajstić information content (AvgIpc) is 1.84. The first kappa shape index (κ1) is 8.88. The van der Waals surface area contributed by atoms with Gasteiger partial charge >= 0.3 is 0 Å². The van der Waals surface area contributed by atoms with E-state index < -0.39 is 6.23 Å². The highest BCUT2D eigenvalue weighted by Crippen LogP contribution is 2.03. The topological polar surface area (TPSA) is 32.7 Å². The summed E-state index contributed by atoms with van der Waals surface area (Å²) in [4.78, 5) is 4.76. The molecule has 0 saturated heterocycles. The SMILES string of the molecule is CON(C)C(O)C(C)C. The Morgan fingerprint density at radius 2 is 1.89 bits per heavy atom. The average molecular weight is 133 g/mol. The number of hydrogen-bond acceptors (Lipinski definition) is 3. The maximum atomic E-state index is 9.20. The van der Waals surface area contributed by atoms with Gasteiger partial charge in [-0.1, -0.05) is 13.8 Å². The molecule has 0 aromatic rings. The number of hydrogen-bond donors (Lipinski definition) is 1. The van der Waals surface area contributed by atoms with E-state index in [0.29, 0.717) is 0 Å². The van der Waals surface area contributed by atoms with Crippen molar-refractivity contribution in [3.05, 3.63) is 0 Å². The second kappa shape index (κ2) is 3.82. The van der Waals surface area contributed by atoms with Gasteiger partial charge in [0, 0.05) is 7.05 Å². The fraction of sp³-hybridized carbons (Fsp3) is 1.00. The molecule has 0 saturated carbocycles. The van der Waals surface area contributed by atoms with Gasteiger partial charge in [-0.2, -0.15) is 5.06 Å². The zero-order chi connectivity index (χ0) is 7.44. The van der Waals surface area contributed by atoms with Crippen molar-refractivity contribution < 1.29 is 9.94 Å². The van der Waals surface area contributed by atoms with Gasteiger partial charge in [0.05, 0.1) is 7.11 Å². The Labute approximate surface area is 56.2 Å². The van der Waals surface area contributed by atoms with Crippen LogP contribution in [-0.2, 0) is 4.84 Å². The predicted molar refractivity (Wildman–Crippen MR) is 35.6 cm³/mol. The minimum atomic E-state index is -0.505. The van der Waals surface area contributed by atoms with Crippen LogP contribution in [0.25, 0.3) is 0 Å². The molecular formula is C6H15NO2. The zero-order valence-corrected chi connectivity index (χ0v) is 6.46. The van der Waals surface area contributed by atoms with Gasteiger partial charge in [-0.25, -0.2) is 0 Å². The van der Waals surface area contributed by atoms with Crippen LogP contribution >= 0.6 is 0 Å². The van der Waals surface area contributed by atoms with Crippen LogP contribution in [0.4, 0.5) is 0 Å². The number of aliphatic hydroxyl groups excluding tert-OH is 1. The Bertz CT molecular complexity index is 75.5. The lowest BCUT2D eigenvalue weighted by Crippen LogP contribution is -2.34. The molecule has 0 fully saturated rings. The molecule has 0 aromatic heterocycles. The van der Waals surface area contributed by atoms with Gasteiger partial charge in [-0.15, -0.1) is 0 Å². The van der Waals surface area contributed by atoms with E-state index in [1.165, 1.54) is 12.2 Å². The van der Waals surface area contributed by atoms with E-state index in [1.807, 2.05) is 13.8 Å². The van der Waals surface area contributed by atoms with Gasteiger partial charge in [0.2, 0.25) is 0 Å². The van der Waals surface area contributed by atoms with Gasteiger partial charge < -0.3 is 9.94 Å². The zero-order valence-electron chi connectivity index (χ0n) is 6.46. The summed E-state index contributed by atoms with van der Waals surface area (Å²) in [7, 11) is 3.23. The number of rotatable bonds is 3. The quantitative estimate of drug-likeness (QED) is 0.448. The molecule has 56 valence electrons. The number of hydroxylamine groups is 2. The molecule has 0 aliphatic heterocycles. The molecule has 0 aromatic carbocycles. The standard InChI is InChI=1S/C6H15NO2/c1-5(2)6(8)7(3)9-4/h5-6,8H,1-4H3. The van der Waals surface area contributed by atoms with Crippen LogP contribution in [0.15, 0.2) is 0 Å². The van der Waals surface area contributed by atoms with Gasteiger partial charge in [-0.05, 0) is 5.92 Å². The summed E-state index contributed by atoms with van der Waals surface area (Å²) in [6.07, 6.45) is -0.505. The Morgan fingerprint density at radius 1 is 1.44 bits per heavy atom. The van der Waals surface area contributed by atoms with Crippen LogP contribution in [-0.4, -0.2) is 30.6 Å². The largest absolute Gasteiger partial charge is 0.376 e. The van der Waals surface area contributed by atoms with Gasteiger partial charge in [0.1, 0.15) is 6.23 Å². The fourth-order valence-electron chi connectivity index (χ4n) is 0.528. The minimum absolute atomic E-state index is 0.204. The van der Waals surface area contributed by atoms with Crippen LogP contribution in [0.2, 0.25) is 0 Å². The summed E-state index contributed by atoms with van der Waals surface area (Å²) in [6, 6.07) is 0. The van der Waals surface area contributed by atoms with Crippen molar-refractivity contribution in [1.29, 1.82) is 0 Å². The number of aliphatic hydroxyl groups is 1. The smallest absolute Gasteiger partial charge is 0.131 e. The molecule has 1 unspecified atom stereocenters. The highest BCUT2D eigenvalue weighted by atomic mass is 16.7. The Balaban J connectivity index is 3.58. The van der Waals surface area contributed by atoms with E-state index in [-0.39, 0.29) is 5.92 Å². The molecule has 0 radical (unpaired) electrons. The fourth-order valence-corrected chi connectivity index (χ4v) is 0.528. The molecule has 0 spiro atoms. The number of nitrogens with zero attached hydrogens (tertiary/aromatic N) is 1. The summed E-state index contributed by atoms with van der Waals surface area (Å²) in [5.74, 6) is 0.204. The first-order valence-electron chi connectivity index (χ1n) is 3.04. The summed E-state index contributed by atoms with van der Waals surface area (Å²) in [5.41, 5.74) is 0. The van der Waals surface area contributed by atoms with E-state index in [0.717, 1.165) is 0 Å². The van der Waals surface area contributed by atoms with Crippen molar-refractivity contribution in [1.82, 2.24) is 5.06 Å². The Kier molecular flexibility index (Phi) is 3.77. The van der Waals surface area contributed by atoms with E-state index in [4.69, 9.17) is 4.84 Å². The monoisotopic (exact) mass is 133 g/mol. The summed E-state index contributed by atoms with van der Waals surface area (Å²) in [6.45, 7) is 3.86. The van der Waals surface area contributed by atoms with Gasteiger partial charge in [-0.3, -0.25) is 0 Å². The lowest BCUT2D eigenvalue weighted by atomic mass is 10.2. The molecule has 0 heterocycles. The van der Waals surface area contributed by atoms with Crippen molar-refractivity contribution in [3.63, 3.8) is 0 Å². The van der Waals surface area contributed by atoms with Crippen LogP contribution < -0.4 is 0 Å². The maximum absolute atomic E-state index is 9.20. The third-order valence-electron chi connectivity index (χ3n) is 1.26. The summed E-state index contributed by atoms with van der Waals surface area (Å²) >= 11 is 0. The van der Waals surface area contributed by atoms with Crippen LogP contribution in [0.5, 0.6) is 0 Å². The first-order valence-corrected chi connectivity index (χ1v) is 3.04. The van der Waals surface area contributed by atoms with Crippen molar-refractivity contribution in [2.45, 2.75) is 20.1 Å². The third-order valence-corrected chi connectivity index (χ3v) is 1.26. The Morgan fingerprint density at radius 3 is 2.00 bits per heavy atom. The van der Waals surface area contributed by atoms with Crippen molar-refractivity contribution in [3.8, 4) is 0 Å². The van der Waals surface area contributed by atoms with E-state index in [1.54, 1.807) is 7.05 Å². The molecule has 1 N–H and O–H groups in total. The van der Waals surface area contributed by atoms with E-state index in [9.17, 15) is 5.11 Å². The van der Waals surface area contributed by atoms with Crippen LogP contribution in [0.3, 0.4) is 0 Å². The maximum Gasteiger partial charge on any atom is 0.131 e. The Hall–Kier alpha value is -0.120. The second-order valence-corrected chi connectivity index (χ2v) is 2.39. The van der Waals surface area contributed by atoms with Crippen molar-refractivity contribution >= 4 is 0 Å². The van der Waals surface area contributed by atoms with Crippen molar-refractivity contribution in [2.75, 3.05) is 14.2 Å². The predicted octanol–water partition coefficient (Wildman–Crippen LogP) is 0.454. The third kappa shape index (κ3) is 2.79. The van der Waals surface area contributed by atoms with Crippen LogP contribution in [0.1, 0.15) is 13.8 Å². The molecule has 3 heteroatoms. The molecular weight excluding hydrogens is 118 g/mol. The molecule has 0 aliphatic rings. The lowest BCUT2D eigenvalue weighted by molar-refractivity contribution is -0.216. The van der Waals surface area contributed by atoms with Gasteiger partial charge in [0.15, 0.2) is 0 Å². The lowest BCUT2D eigenvalue weighted by Gasteiger charge is -2.23. The molecule has 0 aliphatic carbocycles. The second-order valence-electron chi connectivity index (χ2n) is 2.39. The molecule has 0 rings (SSSR count). The molecule has 9 heavy (non-hydrogen) atoms. The molecule has 1 atom stereocenters. The van der Waals surface area contributed by atoms with E-state index in [2.05, 4.69) is 0 Å². The van der Waals surface area contributed by atoms with Crippen LogP contribution in [0, 0.1) is 5.92 Å². The first-order chi connectivity index (χ1) is 4.09. The van der Waals surface area contributed by atoms with E-state index >= 15 is 0 Å². The van der Waals surface area contributed by atoms with Crippen molar-refractivity contribution in [2.24, 2.45) is 5.92 Å². The summed E-state index contributed by atoms with van der Waals surface area (Å²) < 4.78 is 0. The highest BCUT2D eigenvalue weighted by molar-refractivity contribution is 4.51. The molecule has 0 amide bonds. The molecule has 0 bridgehead atoms. The highest BCUT2D eigenvalue weighted by Gasteiger charge is 2.13. The summed E-state index contributed by atoms with van der Waals surface area (Å²) in [5, 5.41) is 10.6. The normalized spacial score (nSPS) is 15.0.